The third-order valence-electron chi connectivity index (χ3n) is 1.58. The molecule has 0 aliphatic carbocycles. The second kappa shape index (κ2) is 4.61. The van der Waals surface area contributed by atoms with Crippen LogP contribution in [0.25, 0.3) is 0 Å². The molecule has 0 amide bonds. The first-order valence-corrected chi connectivity index (χ1v) is 4.38. The Bertz CT molecular complexity index is 316. The lowest BCUT2D eigenvalue weighted by molar-refractivity contribution is 0.763. The molecule has 0 fully saturated rings. The molecule has 0 saturated heterocycles. The van der Waals surface area contributed by atoms with Crippen LogP contribution in [-0.2, 0) is 6.54 Å². The maximum atomic E-state index is 5.20. The van der Waals surface area contributed by atoms with Crippen LogP contribution >= 0.6 is 12.2 Å². The maximum Gasteiger partial charge on any atom is 0.184 e. The molecule has 0 bridgehead atoms. The Labute approximate surface area is 82.4 Å². The van der Waals surface area contributed by atoms with Gasteiger partial charge in [-0.15, -0.1) is 0 Å². The zero-order valence-corrected chi connectivity index (χ0v) is 8.21. The standard InChI is InChI=1S/C8H12N4S/c1-2-12-5-3-4-7(12)6-10-11-8(9)13/h3-6H,2H2,1H3,(H3,9,11,13). The summed E-state index contributed by atoms with van der Waals surface area (Å²) in [5, 5.41) is 4.03. The minimum atomic E-state index is 0.172. The van der Waals surface area contributed by atoms with Gasteiger partial charge in [-0.2, -0.15) is 5.10 Å². The Kier molecular flexibility index (Phi) is 3.45. The van der Waals surface area contributed by atoms with Crippen LogP contribution in [0, 0.1) is 0 Å². The number of nitrogens with zero attached hydrogens (tertiary/aromatic N) is 2. The predicted molar refractivity (Wildman–Crippen MR) is 57.6 cm³/mol. The average molecular weight is 196 g/mol. The first kappa shape index (κ1) is 9.73. The summed E-state index contributed by atoms with van der Waals surface area (Å²) in [6.07, 6.45) is 3.67. The molecule has 5 heteroatoms. The van der Waals surface area contributed by atoms with Gasteiger partial charge in [0.25, 0.3) is 0 Å². The number of aryl methyl sites for hydroxylation is 1. The minimum absolute atomic E-state index is 0.172. The van der Waals surface area contributed by atoms with E-state index in [0.717, 1.165) is 12.2 Å². The Hall–Kier alpha value is -1.36. The minimum Gasteiger partial charge on any atom is -0.375 e. The van der Waals surface area contributed by atoms with Gasteiger partial charge < -0.3 is 10.3 Å². The van der Waals surface area contributed by atoms with E-state index in [-0.39, 0.29) is 5.11 Å². The van der Waals surface area contributed by atoms with Gasteiger partial charge in [-0.25, -0.2) is 0 Å². The van der Waals surface area contributed by atoms with E-state index in [9.17, 15) is 0 Å². The van der Waals surface area contributed by atoms with Crippen LogP contribution in [0.3, 0.4) is 0 Å². The van der Waals surface area contributed by atoms with Crippen LogP contribution in [0.15, 0.2) is 23.4 Å². The molecule has 0 spiro atoms. The van der Waals surface area contributed by atoms with Crippen molar-refractivity contribution in [2.75, 3.05) is 0 Å². The Morgan fingerprint density at radius 2 is 2.62 bits per heavy atom. The third kappa shape index (κ3) is 2.87. The normalized spacial score (nSPS) is 10.5. The summed E-state index contributed by atoms with van der Waals surface area (Å²) in [7, 11) is 0. The predicted octanol–water partition coefficient (Wildman–Crippen LogP) is 0.675. The Balaban J connectivity index is 2.62. The summed E-state index contributed by atoms with van der Waals surface area (Å²) < 4.78 is 2.06. The lowest BCUT2D eigenvalue weighted by atomic mass is 10.4. The summed E-state index contributed by atoms with van der Waals surface area (Å²) in [6.45, 7) is 2.99. The van der Waals surface area contributed by atoms with Gasteiger partial charge in [0.1, 0.15) is 0 Å². The monoisotopic (exact) mass is 196 g/mol. The zero-order valence-electron chi connectivity index (χ0n) is 7.40. The fraction of sp³-hybridized carbons (Fsp3) is 0.250. The van der Waals surface area contributed by atoms with Crippen LogP contribution in [-0.4, -0.2) is 15.9 Å². The van der Waals surface area contributed by atoms with Gasteiger partial charge in [0.05, 0.1) is 11.9 Å². The zero-order chi connectivity index (χ0) is 9.68. The van der Waals surface area contributed by atoms with Crippen molar-refractivity contribution >= 4 is 23.5 Å². The number of rotatable bonds is 3. The highest BCUT2D eigenvalue weighted by molar-refractivity contribution is 7.80. The molecule has 0 aliphatic rings. The molecule has 1 aromatic rings. The molecule has 3 N–H and O–H groups in total. The van der Waals surface area contributed by atoms with E-state index in [4.69, 9.17) is 5.73 Å². The number of thiocarbonyl (C=S) groups is 1. The van der Waals surface area contributed by atoms with Gasteiger partial charge in [-0.1, -0.05) is 0 Å². The van der Waals surface area contributed by atoms with E-state index in [1.165, 1.54) is 0 Å². The number of hydrazone groups is 1. The lowest BCUT2D eigenvalue weighted by Gasteiger charge is -2.00. The van der Waals surface area contributed by atoms with E-state index in [1.54, 1.807) is 6.21 Å². The van der Waals surface area contributed by atoms with Gasteiger partial charge in [0, 0.05) is 12.7 Å². The molecule has 70 valence electrons. The highest BCUT2D eigenvalue weighted by Gasteiger charge is 1.93. The summed E-state index contributed by atoms with van der Waals surface area (Å²) in [4.78, 5) is 0. The van der Waals surface area contributed by atoms with E-state index >= 15 is 0 Å². The van der Waals surface area contributed by atoms with Crippen molar-refractivity contribution in [2.45, 2.75) is 13.5 Å². The smallest absolute Gasteiger partial charge is 0.184 e. The van der Waals surface area contributed by atoms with Gasteiger partial charge in [-0.05, 0) is 31.3 Å². The van der Waals surface area contributed by atoms with Gasteiger partial charge in [0.2, 0.25) is 0 Å². The van der Waals surface area contributed by atoms with E-state index in [1.807, 2.05) is 18.3 Å². The molecular weight excluding hydrogens is 184 g/mol. The van der Waals surface area contributed by atoms with Crippen molar-refractivity contribution in [3.05, 3.63) is 24.0 Å². The van der Waals surface area contributed by atoms with Crippen molar-refractivity contribution in [1.82, 2.24) is 9.99 Å². The second-order valence-corrected chi connectivity index (χ2v) is 2.89. The third-order valence-corrected chi connectivity index (χ3v) is 1.67. The Morgan fingerprint density at radius 1 is 1.85 bits per heavy atom. The van der Waals surface area contributed by atoms with Crippen molar-refractivity contribution in [3.8, 4) is 0 Å². The fourth-order valence-electron chi connectivity index (χ4n) is 0.995. The summed E-state index contributed by atoms with van der Waals surface area (Å²) in [5.74, 6) is 0. The number of nitrogens with two attached hydrogens (primary N) is 1. The molecule has 1 aromatic heterocycles. The van der Waals surface area contributed by atoms with Crippen LogP contribution in [0.5, 0.6) is 0 Å². The summed E-state index contributed by atoms with van der Waals surface area (Å²) >= 11 is 4.60. The van der Waals surface area contributed by atoms with Crippen LogP contribution in [0.1, 0.15) is 12.6 Å². The molecule has 4 nitrogen and oxygen atoms in total. The first-order chi connectivity index (χ1) is 6.24. The number of hydrogen-bond donors (Lipinski definition) is 2. The summed E-state index contributed by atoms with van der Waals surface area (Å²) in [6, 6.07) is 3.93. The molecule has 0 radical (unpaired) electrons. The fourth-order valence-corrected chi connectivity index (χ4v) is 1.05. The number of nitrogens with one attached hydrogen (secondary N) is 1. The molecule has 0 saturated carbocycles. The van der Waals surface area contributed by atoms with Crippen LogP contribution in [0.4, 0.5) is 0 Å². The van der Waals surface area contributed by atoms with Gasteiger partial charge in [0.15, 0.2) is 5.11 Å². The molecule has 13 heavy (non-hydrogen) atoms. The van der Waals surface area contributed by atoms with Crippen LogP contribution < -0.4 is 11.2 Å². The van der Waals surface area contributed by atoms with Gasteiger partial charge in [-0.3, -0.25) is 5.43 Å². The van der Waals surface area contributed by atoms with Crippen molar-refractivity contribution in [2.24, 2.45) is 10.8 Å². The van der Waals surface area contributed by atoms with Crippen molar-refractivity contribution < 1.29 is 0 Å². The summed E-state index contributed by atoms with van der Waals surface area (Å²) in [5.41, 5.74) is 8.72. The quantitative estimate of drug-likeness (QED) is 0.424. The average Bonchev–Trinajstić information content (AvgIpc) is 2.51. The number of hydrogen-bond acceptors (Lipinski definition) is 2. The SMILES string of the molecule is CCn1cccc1C=NNC(N)=S. The Morgan fingerprint density at radius 3 is 3.23 bits per heavy atom. The second-order valence-electron chi connectivity index (χ2n) is 2.45. The van der Waals surface area contributed by atoms with Gasteiger partial charge >= 0.3 is 0 Å². The molecule has 1 heterocycles. The molecule has 1 rings (SSSR count). The molecule has 0 aliphatic heterocycles. The number of aromatic nitrogens is 1. The highest BCUT2D eigenvalue weighted by Crippen LogP contribution is 1.97. The first-order valence-electron chi connectivity index (χ1n) is 3.97. The maximum absolute atomic E-state index is 5.20. The van der Waals surface area contributed by atoms with E-state index < -0.39 is 0 Å². The van der Waals surface area contributed by atoms with E-state index in [2.05, 4.69) is 34.2 Å². The van der Waals surface area contributed by atoms with E-state index in [0.29, 0.717) is 0 Å². The molecule has 0 atom stereocenters. The molecular formula is C8H12N4S. The molecule has 0 unspecified atom stereocenters. The largest absolute Gasteiger partial charge is 0.375 e. The molecule has 0 aromatic carbocycles. The topological polar surface area (TPSA) is 55.3 Å². The highest BCUT2D eigenvalue weighted by atomic mass is 32.1. The van der Waals surface area contributed by atoms with Crippen LogP contribution in [0.2, 0.25) is 0 Å². The van der Waals surface area contributed by atoms with Crippen molar-refractivity contribution in [1.29, 1.82) is 0 Å². The van der Waals surface area contributed by atoms with Crippen molar-refractivity contribution in [3.63, 3.8) is 0 Å². The lowest BCUT2D eigenvalue weighted by Crippen LogP contribution is -2.24.